The molecule has 0 saturated carbocycles. The fourth-order valence-electron chi connectivity index (χ4n) is 3.96. The lowest BCUT2D eigenvalue weighted by Gasteiger charge is -2.34. The summed E-state index contributed by atoms with van der Waals surface area (Å²) in [5.74, 6) is 2.57. The Morgan fingerprint density at radius 3 is 2.67 bits per heavy atom. The van der Waals surface area contributed by atoms with E-state index >= 15 is 0 Å². The summed E-state index contributed by atoms with van der Waals surface area (Å²) < 4.78 is 2.35. The molecule has 1 saturated heterocycles. The van der Waals surface area contributed by atoms with Crippen molar-refractivity contribution in [3.63, 3.8) is 0 Å². The standard InChI is InChI=1S/C20H31N5OS/c1-14(2)20-23-22-15(3)25(20)17-7-10-24(11-8-17)12-9-18(21-16(4)26)19-6-5-13-27-19/h5-6,13-14,17-18H,7-12H2,1-4H3,(H,21,26)/t18-/m0/s1. The average molecular weight is 390 g/mol. The summed E-state index contributed by atoms with van der Waals surface area (Å²) in [5.41, 5.74) is 0. The van der Waals surface area contributed by atoms with E-state index in [0.717, 1.165) is 50.5 Å². The van der Waals surface area contributed by atoms with Gasteiger partial charge in [0.15, 0.2) is 0 Å². The van der Waals surface area contributed by atoms with E-state index in [-0.39, 0.29) is 11.9 Å². The molecule has 3 rings (SSSR count). The van der Waals surface area contributed by atoms with Gasteiger partial charge < -0.3 is 14.8 Å². The van der Waals surface area contributed by atoms with Crippen LogP contribution in [0.2, 0.25) is 0 Å². The molecule has 1 amide bonds. The van der Waals surface area contributed by atoms with Crippen molar-refractivity contribution in [1.29, 1.82) is 0 Å². The Morgan fingerprint density at radius 2 is 2.07 bits per heavy atom. The number of thiophene rings is 1. The molecule has 1 N–H and O–H groups in total. The van der Waals surface area contributed by atoms with Crippen molar-refractivity contribution in [3.8, 4) is 0 Å². The van der Waals surface area contributed by atoms with Crippen molar-refractivity contribution in [1.82, 2.24) is 25.0 Å². The number of piperidine rings is 1. The summed E-state index contributed by atoms with van der Waals surface area (Å²) in [4.78, 5) is 15.3. The summed E-state index contributed by atoms with van der Waals surface area (Å²) in [6.45, 7) is 11.2. The number of nitrogens with zero attached hydrogens (tertiary/aromatic N) is 4. The third-order valence-electron chi connectivity index (χ3n) is 5.33. The number of rotatable bonds is 7. The fourth-order valence-corrected chi connectivity index (χ4v) is 4.78. The first-order chi connectivity index (χ1) is 13.0. The molecule has 0 radical (unpaired) electrons. The van der Waals surface area contributed by atoms with Crippen LogP contribution in [-0.2, 0) is 4.79 Å². The molecule has 0 spiro atoms. The molecule has 0 aliphatic carbocycles. The van der Waals surface area contributed by atoms with Gasteiger partial charge in [0.2, 0.25) is 5.91 Å². The SMILES string of the molecule is CC(=O)N[C@@H](CCN1CCC(n2c(C)nnc2C(C)C)CC1)c1cccs1. The van der Waals surface area contributed by atoms with Crippen molar-refractivity contribution >= 4 is 17.2 Å². The lowest BCUT2D eigenvalue weighted by Crippen LogP contribution is -2.37. The van der Waals surface area contributed by atoms with E-state index in [2.05, 4.69) is 57.2 Å². The lowest BCUT2D eigenvalue weighted by molar-refractivity contribution is -0.119. The highest BCUT2D eigenvalue weighted by atomic mass is 32.1. The molecule has 148 valence electrons. The van der Waals surface area contributed by atoms with Crippen LogP contribution in [0.25, 0.3) is 0 Å². The molecular formula is C20H31N5OS. The van der Waals surface area contributed by atoms with Crippen LogP contribution in [0.1, 0.15) is 74.6 Å². The number of carbonyl (C=O) groups excluding carboxylic acids is 1. The fraction of sp³-hybridized carbons (Fsp3) is 0.650. The minimum Gasteiger partial charge on any atom is -0.349 e. The molecule has 2 aromatic heterocycles. The van der Waals surface area contributed by atoms with Gasteiger partial charge in [-0.05, 0) is 37.6 Å². The van der Waals surface area contributed by atoms with E-state index < -0.39 is 0 Å². The first-order valence-electron chi connectivity index (χ1n) is 9.90. The predicted molar refractivity (Wildman–Crippen MR) is 109 cm³/mol. The van der Waals surface area contributed by atoms with Gasteiger partial charge in [-0.15, -0.1) is 21.5 Å². The van der Waals surface area contributed by atoms with Crippen molar-refractivity contribution in [2.24, 2.45) is 0 Å². The summed E-state index contributed by atoms with van der Waals surface area (Å²) >= 11 is 1.71. The third kappa shape index (κ3) is 4.96. The maximum atomic E-state index is 11.6. The van der Waals surface area contributed by atoms with Gasteiger partial charge >= 0.3 is 0 Å². The largest absolute Gasteiger partial charge is 0.349 e. The van der Waals surface area contributed by atoms with Crippen molar-refractivity contribution < 1.29 is 4.79 Å². The summed E-state index contributed by atoms with van der Waals surface area (Å²) in [6, 6.07) is 4.78. The minimum absolute atomic E-state index is 0.0383. The van der Waals surface area contributed by atoms with Gasteiger partial charge in [-0.3, -0.25) is 4.79 Å². The second-order valence-electron chi connectivity index (χ2n) is 7.76. The van der Waals surface area contributed by atoms with Gasteiger partial charge in [-0.25, -0.2) is 0 Å². The van der Waals surface area contributed by atoms with Gasteiger partial charge in [0.25, 0.3) is 0 Å². The Hall–Kier alpha value is -1.73. The van der Waals surface area contributed by atoms with E-state index in [1.807, 2.05) is 6.07 Å². The zero-order valence-electron chi connectivity index (χ0n) is 16.8. The first kappa shape index (κ1) is 20.0. The molecule has 3 heterocycles. The molecule has 1 aliphatic rings. The highest BCUT2D eigenvalue weighted by Gasteiger charge is 2.26. The van der Waals surface area contributed by atoms with Crippen LogP contribution in [0, 0.1) is 6.92 Å². The molecular weight excluding hydrogens is 358 g/mol. The van der Waals surface area contributed by atoms with E-state index in [9.17, 15) is 4.79 Å². The van der Waals surface area contributed by atoms with Gasteiger partial charge in [-0.1, -0.05) is 19.9 Å². The number of hydrogen-bond acceptors (Lipinski definition) is 5. The number of likely N-dealkylation sites (tertiary alicyclic amines) is 1. The highest BCUT2D eigenvalue weighted by molar-refractivity contribution is 7.10. The van der Waals surface area contributed by atoms with E-state index in [1.54, 1.807) is 18.3 Å². The Kier molecular flexibility index (Phi) is 6.65. The van der Waals surface area contributed by atoms with Gasteiger partial charge in [0, 0.05) is 43.4 Å². The van der Waals surface area contributed by atoms with E-state index in [1.165, 1.54) is 4.88 Å². The smallest absolute Gasteiger partial charge is 0.217 e. The zero-order valence-corrected chi connectivity index (χ0v) is 17.6. The topological polar surface area (TPSA) is 63.1 Å². The normalized spacial score (nSPS) is 17.4. The molecule has 2 aromatic rings. The molecule has 1 atom stereocenters. The lowest BCUT2D eigenvalue weighted by atomic mass is 10.0. The number of nitrogens with one attached hydrogen (secondary N) is 1. The minimum atomic E-state index is 0.0383. The zero-order chi connectivity index (χ0) is 19.4. The number of amides is 1. The second-order valence-corrected chi connectivity index (χ2v) is 8.74. The first-order valence-corrected chi connectivity index (χ1v) is 10.8. The average Bonchev–Trinajstić information content (AvgIpc) is 3.28. The quantitative estimate of drug-likeness (QED) is 0.785. The van der Waals surface area contributed by atoms with Crippen molar-refractivity contribution in [3.05, 3.63) is 34.0 Å². The van der Waals surface area contributed by atoms with Crippen LogP contribution in [0.5, 0.6) is 0 Å². The highest BCUT2D eigenvalue weighted by Crippen LogP contribution is 2.28. The molecule has 7 heteroatoms. The molecule has 0 bridgehead atoms. The molecule has 0 unspecified atom stereocenters. The van der Waals surface area contributed by atoms with Gasteiger partial charge in [0.1, 0.15) is 11.6 Å². The maximum absolute atomic E-state index is 11.6. The van der Waals surface area contributed by atoms with Crippen LogP contribution >= 0.6 is 11.3 Å². The Bertz CT molecular complexity index is 732. The Balaban J connectivity index is 1.55. The van der Waals surface area contributed by atoms with Gasteiger partial charge in [-0.2, -0.15) is 0 Å². The van der Waals surface area contributed by atoms with Crippen LogP contribution in [0.15, 0.2) is 17.5 Å². The second kappa shape index (κ2) is 8.97. The van der Waals surface area contributed by atoms with E-state index in [4.69, 9.17) is 0 Å². The van der Waals surface area contributed by atoms with E-state index in [0.29, 0.717) is 12.0 Å². The van der Waals surface area contributed by atoms with Crippen LogP contribution < -0.4 is 5.32 Å². The summed E-state index contributed by atoms with van der Waals surface area (Å²) in [6.07, 6.45) is 3.21. The summed E-state index contributed by atoms with van der Waals surface area (Å²) in [7, 11) is 0. The monoisotopic (exact) mass is 389 g/mol. The number of aryl methyl sites for hydroxylation is 1. The molecule has 0 aromatic carbocycles. The van der Waals surface area contributed by atoms with Crippen molar-refractivity contribution in [2.75, 3.05) is 19.6 Å². The molecule has 6 nitrogen and oxygen atoms in total. The maximum Gasteiger partial charge on any atom is 0.217 e. The molecule has 1 aliphatic heterocycles. The Labute approximate surface area is 166 Å². The van der Waals surface area contributed by atoms with Crippen LogP contribution in [0.4, 0.5) is 0 Å². The van der Waals surface area contributed by atoms with Crippen molar-refractivity contribution in [2.45, 2.75) is 65.0 Å². The van der Waals surface area contributed by atoms with Crippen LogP contribution in [-0.4, -0.2) is 45.2 Å². The predicted octanol–water partition coefficient (Wildman–Crippen LogP) is 3.68. The van der Waals surface area contributed by atoms with Gasteiger partial charge in [0.05, 0.1) is 6.04 Å². The van der Waals surface area contributed by atoms with Crippen LogP contribution in [0.3, 0.4) is 0 Å². The third-order valence-corrected chi connectivity index (χ3v) is 6.32. The molecule has 1 fully saturated rings. The number of aromatic nitrogens is 3. The Morgan fingerprint density at radius 1 is 1.33 bits per heavy atom. The summed E-state index contributed by atoms with van der Waals surface area (Å²) in [5, 5.41) is 13.9. The number of carbonyl (C=O) groups is 1. The molecule has 27 heavy (non-hydrogen) atoms. The number of hydrogen-bond donors (Lipinski definition) is 1.